The molecule has 0 aliphatic heterocycles. The van der Waals surface area contributed by atoms with Crippen LogP contribution in [0.25, 0.3) is 10.8 Å². The van der Waals surface area contributed by atoms with Gasteiger partial charge >= 0.3 is 0 Å². The number of carbonyl (C=O) groups excluding carboxylic acids is 2. The molecule has 0 saturated heterocycles. The molecule has 4 aromatic carbocycles. The van der Waals surface area contributed by atoms with Crippen LogP contribution in [-0.2, 0) is 0 Å². The van der Waals surface area contributed by atoms with Gasteiger partial charge in [-0.15, -0.1) is 0 Å². The fourth-order valence-electron chi connectivity index (χ4n) is 3.28. The lowest BCUT2D eigenvalue weighted by Gasteiger charge is -2.08. The highest BCUT2D eigenvalue weighted by molar-refractivity contribution is 6.30. The third-order valence-electron chi connectivity index (χ3n) is 5.03. The summed E-state index contributed by atoms with van der Waals surface area (Å²) >= 11 is 5.86. The van der Waals surface area contributed by atoms with E-state index >= 15 is 0 Å². The molecule has 4 rings (SSSR count). The van der Waals surface area contributed by atoms with E-state index < -0.39 is 0 Å². The van der Waals surface area contributed by atoms with E-state index in [1.165, 1.54) is 0 Å². The first-order valence-electron chi connectivity index (χ1n) is 10.0. The maximum Gasteiger partial charge on any atom is 0.272 e. The summed E-state index contributed by atoms with van der Waals surface area (Å²) < 4.78 is 0. The Kier molecular flexibility index (Phi) is 6.29. The van der Waals surface area contributed by atoms with Crippen LogP contribution < -0.4 is 10.7 Å². The monoisotopic (exact) mass is 441 g/mol. The predicted octanol–water partition coefficient (Wildman–Crippen LogP) is 5.90. The number of halogens is 1. The van der Waals surface area contributed by atoms with Crippen LogP contribution in [0.3, 0.4) is 0 Å². The Bertz CT molecular complexity index is 1310. The lowest BCUT2D eigenvalue weighted by atomic mass is 10.0. The van der Waals surface area contributed by atoms with E-state index in [1.807, 2.05) is 55.5 Å². The lowest BCUT2D eigenvalue weighted by Crippen LogP contribution is -2.19. The molecule has 6 heteroatoms. The highest BCUT2D eigenvalue weighted by atomic mass is 35.5. The maximum absolute atomic E-state index is 12.7. The molecule has 0 saturated carbocycles. The molecule has 0 radical (unpaired) electrons. The topological polar surface area (TPSA) is 70.6 Å². The quantitative estimate of drug-likeness (QED) is 0.299. The van der Waals surface area contributed by atoms with Gasteiger partial charge in [0.25, 0.3) is 11.8 Å². The molecule has 0 unspecified atom stereocenters. The van der Waals surface area contributed by atoms with E-state index in [1.54, 1.807) is 42.5 Å². The van der Waals surface area contributed by atoms with Crippen molar-refractivity contribution >= 4 is 45.6 Å². The highest BCUT2D eigenvalue weighted by Crippen LogP contribution is 2.18. The average molecular weight is 442 g/mol. The number of hydrazone groups is 1. The first-order valence-corrected chi connectivity index (χ1v) is 10.4. The van der Waals surface area contributed by atoms with Crippen LogP contribution in [0, 0.1) is 0 Å². The normalized spacial score (nSPS) is 11.2. The number of hydrogen-bond acceptors (Lipinski definition) is 3. The molecule has 2 amide bonds. The molecule has 0 fully saturated rings. The Morgan fingerprint density at radius 1 is 0.750 bits per heavy atom. The molecule has 0 bridgehead atoms. The molecule has 4 aromatic rings. The van der Waals surface area contributed by atoms with E-state index in [9.17, 15) is 9.59 Å². The minimum atomic E-state index is -0.270. The molecule has 0 aliphatic carbocycles. The van der Waals surface area contributed by atoms with Crippen molar-refractivity contribution in [3.8, 4) is 0 Å². The second-order valence-corrected chi connectivity index (χ2v) is 7.64. The van der Waals surface area contributed by atoms with E-state index in [0.717, 1.165) is 16.3 Å². The molecule has 0 aliphatic rings. The first-order chi connectivity index (χ1) is 15.5. The number of anilines is 1. The molecule has 5 nitrogen and oxygen atoms in total. The fraction of sp³-hybridized carbons (Fsp3) is 0.0385. The Morgan fingerprint density at radius 2 is 1.41 bits per heavy atom. The van der Waals surface area contributed by atoms with Crippen LogP contribution in [0.4, 0.5) is 5.69 Å². The number of fused-ring (bicyclic) bond motifs is 1. The Hall–Kier alpha value is -3.96. The molecule has 2 N–H and O–H groups in total. The van der Waals surface area contributed by atoms with Gasteiger partial charge in [-0.25, -0.2) is 5.43 Å². The van der Waals surface area contributed by atoms with Crippen LogP contribution >= 0.6 is 11.6 Å². The molecule has 158 valence electrons. The zero-order valence-corrected chi connectivity index (χ0v) is 18.1. The number of nitrogens with zero attached hydrogens (tertiary/aromatic N) is 1. The lowest BCUT2D eigenvalue weighted by molar-refractivity contribution is 0.0955. The number of hydrogen-bond donors (Lipinski definition) is 2. The third kappa shape index (κ3) is 4.85. The summed E-state index contributed by atoms with van der Waals surface area (Å²) in [5.41, 5.74) is 5.85. The van der Waals surface area contributed by atoms with Crippen molar-refractivity contribution in [1.82, 2.24) is 5.43 Å². The largest absolute Gasteiger partial charge is 0.322 e. The Balaban J connectivity index is 1.43. The fourth-order valence-corrected chi connectivity index (χ4v) is 3.41. The van der Waals surface area contributed by atoms with Crippen LogP contribution in [0.5, 0.6) is 0 Å². The van der Waals surface area contributed by atoms with Crippen molar-refractivity contribution in [2.75, 3.05) is 5.32 Å². The van der Waals surface area contributed by atoms with Gasteiger partial charge in [0.2, 0.25) is 0 Å². The van der Waals surface area contributed by atoms with Gasteiger partial charge in [-0.2, -0.15) is 5.10 Å². The minimum Gasteiger partial charge on any atom is -0.322 e. The zero-order chi connectivity index (χ0) is 22.5. The number of nitrogens with one attached hydrogen (secondary N) is 2. The SMILES string of the molecule is CC(=NNC(=O)c1cccc2ccccc12)c1ccc(NC(=O)c2ccc(Cl)cc2)cc1. The van der Waals surface area contributed by atoms with Crippen LogP contribution in [0.1, 0.15) is 33.2 Å². The second kappa shape index (κ2) is 9.45. The summed E-state index contributed by atoms with van der Waals surface area (Å²) in [5, 5.41) is 9.53. The number of carbonyl (C=O) groups is 2. The van der Waals surface area contributed by atoms with Gasteiger partial charge < -0.3 is 5.32 Å². The number of amides is 2. The average Bonchev–Trinajstić information content (AvgIpc) is 2.82. The smallest absolute Gasteiger partial charge is 0.272 e. The molecular formula is C26H20ClN3O2. The van der Waals surface area contributed by atoms with Gasteiger partial charge in [-0.3, -0.25) is 9.59 Å². The predicted molar refractivity (Wildman–Crippen MR) is 129 cm³/mol. The summed E-state index contributed by atoms with van der Waals surface area (Å²) in [6.45, 7) is 1.81. The van der Waals surface area contributed by atoms with Crippen LogP contribution in [0.2, 0.25) is 5.02 Å². The van der Waals surface area contributed by atoms with E-state index in [2.05, 4.69) is 15.8 Å². The van der Waals surface area contributed by atoms with Crippen molar-refractivity contribution in [3.63, 3.8) is 0 Å². The van der Waals surface area contributed by atoms with E-state index in [0.29, 0.717) is 27.5 Å². The molecule has 0 spiro atoms. The van der Waals surface area contributed by atoms with Crippen molar-refractivity contribution < 1.29 is 9.59 Å². The van der Waals surface area contributed by atoms with Gasteiger partial charge in [0.1, 0.15) is 0 Å². The Labute approximate surface area is 190 Å². The third-order valence-corrected chi connectivity index (χ3v) is 5.28. The van der Waals surface area contributed by atoms with Crippen LogP contribution in [0.15, 0.2) is 96.1 Å². The molecular weight excluding hydrogens is 422 g/mol. The second-order valence-electron chi connectivity index (χ2n) is 7.20. The summed E-state index contributed by atoms with van der Waals surface area (Å²) in [6.07, 6.45) is 0. The molecule has 0 aromatic heterocycles. The minimum absolute atomic E-state index is 0.220. The number of rotatable bonds is 5. The summed E-state index contributed by atoms with van der Waals surface area (Å²) in [7, 11) is 0. The van der Waals surface area contributed by atoms with Crippen molar-refractivity contribution in [2.45, 2.75) is 6.92 Å². The zero-order valence-electron chi connectivity index (χ0n) is 17.3. The first kappa shape index (κ1) is 21.3. The Morgan fingerprint density at radius 3 is 2.16 bits per heavy atom. The highest BCUT2D eigenvalue weighted by Gasteiger charge is 2.10. The van der Waals surface area contributed by atoms with Gasteiger partial charge in [0.05, 0.1) is 5.71 Å². The summed E-state index contributed by atoms with van der Waals surface area (Å²) in [5.74, 6) is -0.491. The standard InChI is InChI=1S/C26H20ClN3O2/c1-17(29-30-26(32)24-8-4-6-19-5-2-3-7-23(19)24)18-11-15-22(16-12-18)28-25(31)20-9-13-21(27)14-10-20/h2-16H,1H3,(H,28,31)(H,30,32). The summed E-state index contributed by atoms with van der Waals surface area (Å²) in [6, 6.07) is 27.2. The van der Waals surface area contributed by atoms with E-state index in [4.69, 9.17) is 11.6 Å². The molecule has 0 heterocycles. The van der Waals surface area contributed by atoms with Gasteiger partial charge in [-0.05, 0) is 65.7 Å². The van der Waals surface area contributed by atoms with Crippen molar-refractivity contribution in [3.05, 3.63) is 113 Å². The molecule has 32 heavy (non-hydrogen) atoms. The van der Waals surface area contributed by atoms with Crippen molar-refractivity contribution in [1.29, 1.82) is 0 Å². The van der Waals surface area contributed by atoms with E-state index in [-0.39, 0.29) is 11.8 Å². The van der Waals surface area contributed by atoms with Gasteiger partial charge in [-0.1, -0.05) is 60.1 Å². The van der Waals surface area contributed by atoms with Crippen LogP contribution in [-0.4, -0.2) is 17.5 Å². The van der Waals surface area contributed by atoms with Crippen molar-refractivity contribution in [2.24, 2.45) is 5.10 Å². The van der Waals surface area contributed by atoms with Gasteiger partial charge in [0.15, 0.2) is 0 Å². The molecule has 0 atom stereocenters. The maximum atomic E-state index is 12.7. The van der Waals surface area contributed by atoms with Gasteiger partial charge in [0, 0.05) is 21.8 Å². The number of benzene rings is 4. The summed E-state index contributed by atoms with van der Waals surface area (Å²) in [4.78, 5) is 25.0.